The van der Waals surface area contributed by atoms with Crippen LogP contribution in [0.25, 0.3) is 0 Å². The maximum Gasteiger partial charge on any atom is 0.271 e. The van der Waals surface area contributed by atoms with E-state index in [9.17, 15) is 9.59 Å². The molecule has 1 aromatic heterocycles. The molecule has 0 saturated carbocycles. The Labute approximate surface area is 134 Å². The molecular formula is C17H21N3O3. The molecule has 6 heteroatoms. The van der Waals surface area contributed by atoms with Crippen molar-refractivity contribution < 1.29 is 9.53 Å². The van der Waals surface area contributed by atoms with E-state index in [-0.39, 0.29) is 23.3 Å². The summed E-state index contributed by atoms with van der Waals surface area (Å²) in [4.78, 5) is 22.8. The zero-order chi connectivity index (χ0) is 16.8. The zero-order valence-corrected chi connectivity index (χ0v) is 13.6. The van der Waals surface area contributed by atoms with Crippen LogP contribution < -0.4 is 15.6 Å². The molecule has 122 valence electrons. The molecule has 1 aromatic carbocycles. The number of aromatic amines is 1. The standard InChI is InChI=1S/C17H21N3O3/c1-11(2)23-15-6-4-13(10-12(15)3)8-9-18-17(22)14-5-7-16(21)20-19-14/h4-7,10-11H,8-9H2,1-3H3,(H,18,22)(H,20,21). The molecule has 0 bridgehead atoms. The number of hydrogen-bond acceptors (Lipinski definition) is 4. The number of aryl methyl sites for hydroxylation is 1. The van der Waals surface area contributed by atoms with Gasteiger partial charge in [-0.05, 0) is 50.5 Å². The minimum absolute atomic E-state index is 0.142. The average Bonchev–Trinajstić information content (AvgIpc) is 2.50. The van der Waals surface area contributed by atoms with Crippen molar-refractivity contribution in [3.05, 3.63) is 57.5 Å². The van der Waals surface area contributed by atoms with Gasteiger partial charge in [-0.3, -0.25) is 9.59 Å². The molecule has 2 rings (SSSR count). The number of nitrogens with one attached hydrogen (secondary N) is 2. The number of rotatable bonds is 6. The second-order valence-electron chi connectivity index (χ2n) is 5.58. The number of amides is 1. The number of benzene rings is 1. The van der Waals surface area contributed by atoms with Crippen LogP contribution in [-0.2, 0) is 6.42 Å². The molecule has 0 radical (unpaired) electrons. The van der Waals surface area contributed by atoms with Crippen LogP contribution in [-0.4, -0.2) is 28.8 Å². The van der Waals surface area contributed by atoms with Gasteiger partial charge in [-0.25, -0.2) is 5.10 Å². The summed E-state index contributed by atoms with van der Waals surface area (Å²) in [6.45, 7) is 6.48. The summed E-state index contributed by atoms with van der Waals surface area (Å²) in [5.41, 5.74) is 2.06. The molecule has 2 N–H and O–H groups in total. The van der Waals surface area contributed by atoms with Crippen molar-refractivity contribution in [1.82, 2.24) is 15.5 Å². The van der Waals surface area contributed by atoms with Crippen LogP contribution in [0.4, 0.5) is 0 Å². The van der Waals surface area contributed by atoms with Crippen molar-refractivity contribution in [2.45, 2.75) is 33.3 Å². The van der Waals surface area contributed by atoms with Crippen molar-refractivity contribution in [3.63, 3.8) is 0 Å². The third-order valence-electron chi connectivity index (χ3n) is 3.21. The lowest BCUT2D eigenvalue weighted by atomic mass is 10.1. The molecule has 0 unspecified atom stereocenters. The highest BCUT2D eigenvalue weighted by Gasteiger charge is 2.07. The second kappa shape index (κ2) is 7.58. The Bertz CT molecular complexity index is 718. The van der Waals surface area contributed by atoms with Crippen molar-refractivity contribution in [2.24, 2.45) is 0 Å². The molecular weight excluding hydrogens is 294 g/mol. The Hall–Kier alpha value is -2.63. The van der Waals surface area contributed by atoms with Gasteiger partial charge in [0.05, 0.1) is 6.10 Å². The van der Waals surface area contributed by atoms with E-state index in [4.69, 9.17) is 4.74 Å². The molecule has 0 atom stereocenters. The monoisotopic (exact) mass is 315 g/mol. The first-order chi connectivity index (χ1) is 11.0. The van der Waals surface area contributed by atoms with Gasteiger partial charge in [-0.15, -0.1) is 0 Å². The fraction of sp³-hybridized carbons (Fsp3) is 0.353. The van der Waals surface area contributed by atoms with Crippen LogP contribution >= 0.6 is 0 Å². The lowest BCUT2D eigenvalue weighted by Crippen LogP contribution is -2.27. The normalized spacial score (nSPS) is 10.6. The quantitative estimate of drug-likeness (QED) is 0.852. The summed E-state index contributed by atoms with van der Waals surface area (Å²) in [5, 5.41) is 8.71. The van der Waals surface area contributed by atoms with Crippen LogP contribution in [0, 0.1) is 6.92 Å². The molecule has 6 nitrogen and oxygen atoms in total. The van der Waals surface area contributed by atoms with Gasteiger partial charge < -0.3 is 10.1 Å². The fourth-order valence-electron chi connectivity index (χ4n) is 2.14. The maximum absolute atomic E-state index is 11.9. The molecule has 0 aliphatic carbocycles. The maximum atomic E-state index is 11.9. The van der Waals surface area contributed by atoms with E-state index in [1.54, 1.807) is 0 Å². The number of ether oxygens (including phenoxy) is 1. The van der Waals surface area contributed by atoms with Gasteiger partial charge >= 0.3 is 0 Å². The van der Waals surface area contributed by atoms with Gasteiger partial charge in [-0.2, -0.15) is 5.10 Å². The van der Waals surface area contributed by atoms with E-state index in [2.05, 4.69) is 21.6 Å². The van der Waals surface area contributed by atoms with Gasteiger partial charge in [0.1, 0.15) is 11.4 Å². The van der Waals surface area contributed by atoms with Crippen LogP contribution in [0.1, 0.15) is 35.5 Å². The van der Waals surface area contributed by atoms with E-state index < -0.39 is 0 Å². The third-order valence-corrected chi connectivity index (χ3v) is 3.21. The molecule has 0 saturated heterocycles. The topological polar surface area (TPSA) is 84.1 Å². The summed E-state index contributed by atoms with van der Waals surface area (Å²) in [6, 6.07) is 8.68. The SMILES string of the molecule is Cc1cc(CCNC(=O)c2ccc(=O)[nH]n2)ccc1OC(C)C. The van der Waals surface area contributed by atoms with Gasteiger partial charge in [-0.1, -0.05) is 12.1 Å². The fourth-order valence-corrected chi connectivity index (χ4v) is 2.14. The lowest BCUT2D eigenvalue weighted by Gasteiger charge is -2.13. The van der Waals surface area contributed by atoms with Crippen molar-refractivity contribution in [1.29, 1.82) is 0 Å². The molecule has 2 aromatic rings. The number of carbonyl (C=O) groups excluding carboxylic acids is 1. The van der Waals surface area contributed by atoms with Gasteiger partial charge in [0.25, 0.3) is 11.5 Å². The van der Waals surface area contributed by atoms with E-state index >= 15 is 0 Å². The minimum Gasteiger partial charge on any atom is -0.491 e. The first kappa shape index (κ1) is 16.7. The molecule has 23 heavy (non-hydrogen) atoms. The zero-order valence-electron chi connectivity index (χ0n) is 13.6. The number of nitrogens with zero attached hydrogens (tertiary/aromatic N) is 1. The molecule has 1 amide bonds. The van der Waals surface area contributed by atoms with Gasteiger partial charge in [0.15, 0.2) is 0 Å². The first-order valence-corrected chi connectivity index (χ1v) is 7.56. The molecule has 0 fully saturated rings. The average molecular weight is 315 g/mol. The van der Waals surface area contributed by atoms with Gasteiger partial charge in [0.2, 0.25) is 0 Å². The van der Waals surface area contributed by atoms with E-state index in [0.717, 1.165) is 16.9 Å². The summed E-state index contributed by atoms with van der Waals surface area (Å²) < 4.78 is 5.70. The highest BCUT2D eigenvalue weighted by molar-refractivity contribution is 5.91. The highest BCUT2D eigenvalue weighted by Crippen LogP contribution is 2.20. The third kappa shape index (κ3) is 4.95. The van der Waals surface area contributed by atoms with Crippen molar-refractivity contribution in [3.8, 4) is 5.75 Å². The number of carbonyl (C=O) groups is 1. The van der Waals surface area contributed by atoms with Crippen molar-refractivity contribution >= 4 is 5.91 Å². The predicted octanol–water partition coefficient (Wildman–Crippen LogP) is 1.84. The Morgan fingerprint density at radius 2 is 2.09 bits per heavy atom. The first-order valence-electron chi connectivity index (χ1n) is 7.56. The molecule has 1 heterocycles. The van der Waals surface area contributed by atoms with E-state index in [1.165, 1.54) is 12.1 Å². The number of H-pyrrole nitrogens is 1. The Morgan fingerprint density at radius 1 is 1.30 bits per heavy atom. The Kier molecular flexibility index (Phi) is 5.51. The minimum atomic E-state index is -0.333. The summed E-state index contributed by atoms with van der Waals surface area (Å²) in [6.07, 6.45) is 0.849. The van der Waals surface area contributed by atoms with Crippen molar-refractivity contribution in [2.75, 3.05) is 6.54 Å². The highest BCUT2D eigenvalue weighted by atomic mass is 16.5. The Balaban J connectivity index is 1.88. The van der Waals surface area contributed by atoms with Crippen LogP contribution in [0.5, 0.6) is 5.75 Å². The predicted molar refractivity (Wildman–Crippen MR) is 87.8 cm³/mol. The van der Waals surface area contributed by atoms with E-state index in [1.807, 2.05) is 32.9 Å². The van der Waals surface area contributed by atoms with E-state index in [0.29, 0.717) is 13.0 Å². The smallest absolute Gasteiger partial charge is 0.271 e. The summed E-state index contributed by atoms with van der Waals surface area (Å²) in [5.74, 6) is 0.572. The van der Waals surface area contributed by atoms with Crippen LogP contribution in [0.3, 0.4) is 0 Å². The molecule has 0 aliphatic rings. The lowest BCUT2D eigenvalue weighted by molar-refractivity contribution is 0.0948. The van der Waals surface area contributed by atoms with Gasteiger partial charge in [0, 0.05) is 12.6 Å². The molecule has 0 aliphatic heterocycles. The second-order valence-corrected chi connectivity index (χ2v) is 5.58. The summed E-state index contributed by atoms with van der Waals surface area (Å²) >= 11 is 0. The summed E-state index contributed by atoms with van der Waals surface area (Å²) in [7, 11) is 0. The Morgan fingerprint density at radius 3 is 2.70 bits per heavy atom. The molecule has 0 spiro atoms. The largest absolute Gasteiger partial charge is 0.491 e. The van der Waals surface area contributed by atoms with Crippen LogP contribution in [0.2, 0.25) is 0 Å². The van der Waals surface area contributed by atoms with Crippen LogP contribution in [0.15, 0.2) is 35.1 Å². The number of aromatic nitrogens is 2. The number of hydrogen-bond donors (Lipinski definition) is 2.